The van der Waals surface area contributed by atoms with Crippen molar-refractivity contribution in [3.05, 3.63) is 47.5 Å². The van der Waals surface area contributed by atoms with Crippen molar-refractivity contribution in [1.82, 2.24) is 5.32 Å². The lowest BCUT2D eigenvalue weighted by Gasteiger charge is -2.27. The van der Waals surface area contributed by atoms with Crippen LogP contribution in [0.2, 0.25) is 0 Å². The fraction of sp³-hybridized carbons (Fsp3) is 0.529. The maximum atomic E-state index is 9.54. The molecule has 0 saturated carbocycles. The van der Waals surface area contributed by atoms with Gasteiger partial charge in [0, 0.05) is 0 Å². The Morgan fingerprint density at radius 1 is 1.32 bits per heavy atom. The summed E-state index contributed by atoms with van der Waals surface area (Å²) in [6.07, 6.45) is 4.82. The normalized spacial score (nSPS) is 24.9. The Kier molecular flexibility index (Phi) is 5.17. The first-order chi connectivity index (χ1) is 9.19. The number of hydrogen-bond acceptors (Lipinski definition) is 2. The Morgan fingerprint density at radius 2 is 2.05 bits per heavy atom. The summed E-state index contributed by atoms with van der Waals surface area (Å²) in [4.78, 5) is 0. The third-order valence-electron chi connectivity index (χ3n) is 3.92. The fourth-order valence-corrected chi connectivity index (χ4v) is 3.12. The van der Waals surface area contributed by atoms with E-state index in [9.17, 15) is 5.11 Å². The SMILES string of the molecule is CC1=CC(C)CC(CNC(CO)c2ccccc2)C1. The van der Waals surface area contributed by atoms with Crippen molar-refractivity contribution in [2.45, 2.75) is 32.7 Å². The van der Waals surface area contributed by atoms with Gasteiger partial charge in [-0.3, -0.25) is 0 Å². The predicted octanol–water partition coefficient (Wildman–Crippen LogP) is 3.30. The molecule has 2 N–H and O–H groups in total. The highest BCUT2D eigenvalue weighted by Gasteiger charge is 2.19. The van der Waals surface area contributed by atoms with E-state index in [1.165, 1.54) is 24.0 Å². The molecule has 3 atom stereocenters. The van der Waals surface area contributed by atoms with Gasteiger partial charge in [-0.25, -0.2) is 0 Å². The molecule has 1 aromatic rings. The summed E-state index contributed by atoms with van der Waals surface area (Å²) < 4.78 is 0. The van der Waals surface area contributed by atoms with Gasteiger partial charge in [0.1, 0.15) is 0 Å². The average molecular weight is 259 g/mol. The molecule has 0 aliphatic heterocycles. The van der Waals surface area contributed by atoms with Gasteiger partial charge in [0.2, 0.25) is 0 Å². The minimum absolute atomic E-state index is 0.0581. The molecule has 0 saturated heterocycles. The van der Waals surface area contributed by atoms with Crippen molar-refractivity contribution >= 4 is 0 Å². The van der Waals surface area contributed by atoms with Gasteiger partial charge in [-0.1, -0.05) is 48.9 Å². The largest absolute Gasteiger partial charge is 0.394 e. The molecule has 0 fully saturated rings. The van der Waals surface area contributed by atoms with E-state index in [2.05, 4.69) is 37.4 Å². The summed E-state index contributed by atoms with van der Waals surface area (Å²) in [5, 5.41) is 13.1. The van der Waals surface area contributed by atoms with Gasteiger partial charge in [-0.2, -0.15) is 0 Å². The molecule has 3 unspecified atom stereocenters. The summed E-state index contributed by atoms with van der Waals surface area (Å²) in [5.74, 6) is 1.38. The summed E-state index contributed by atoms with van der Waals surface area (Å²) in [6, 6.07) is 10.3. The molecular weight excluding hydrogens is 234 g/mol. The van der Waals surface area contributed by atoms with Crippen LogP contribution >= 0.6 is 0 Å². The molecular formula is C17H25NO. The molecule has 0 bridgehead atoms. The molecule has 0 aromatic heterocycles. The summed E-state index contributed by atoms with van der Waals surface area (Å²) in [5.41, 5.74) is 2.67. The van der Waals surface area contributed by atoms with Crippen LogP contribution < -0.4 is 5.32 Å². The van der Waals surface area contributed by atoms with E-state index < -0.39 is 0 Å². The molecule has 2 nitrogen and oxygen atoms in total. The van der Waals surface area contributed by atoms with Gasteiger partial charge in [-0.05, 0) is 43.7 Å². The third-order valence-corrected chi connectivity index (χ3v) is 3.92. The highest BCUT2D eigenvalue weighted by atomic mass is 16.3. The number of benzene rings is 1. The first-order valence-corrected chi connectivity index (χ1v) is 7.25. The minimum Gasteiger partial charge on any atom is -0.394 e. The molecule has 1 aliphatic rings. The van der Waals surface area contributed by atoms with Crippen LogP contribution in [0.4, 0.5) is 0 Å². The highest BCUT2D eigenvalue weighted by Crippen LogP contribution is 2.27. The molecule has 2 heteroatoms. The van der Waals surface area contributed by atoms with Crippen LogP contribution in [0, 0.1) is 11.8 Å². The second-order valence-corrected chi connectivity index (χ2v) is 5.85. The Balaban J connectivity index is 1.89. The topological polar surface area (TPSA) is 32.3 Å². The van der Waals surface area contributed by atoms with E-state index in [0.29, 0.717) is 11.8 Å². The van der Waals surface area contributed by atoms with Crippen LogP contribution in [-0.2, 0) is 0 Å². The molecule has 1 aliphatic carbocycles. The van der Waals surface area contributed by atoms with Crippen molar-refractivity contribution in [1.29, 1.82) is 0 Å². The standard InChI is InChI=1S/C17H25NO/c1-13-8-14(2)10-15(9-13)11-18-17(12-19)16-6-4-3-5-7-16/h3-8,13,15,17-19H,9-12H2,1-2H3. The van der Waals surface area contributed by atoms with Gasteiger partial charge in [0.15, 0.2) is 0 Å². The van der Waals surface area contributed by atoms with Crippen LogP contribution in [0.15, 0.2) is 42.0 Å². The van der Waals surface area contributed by atoms with Crippen molar-refractivity contribution in [3.8, 4) is 0 Å². The average Bonchev–Trinajstić information content (AvgIpc) is 2.39. The summed E-state index contributed by atoms with van der Waals surface area (Å²) in [7, 11) is 0. The zero-order chi connectivity index (χ0) is 13.7. The highest BCUT2D eigenvalue weighted by molar-refractivity contribution is 5.19. The number of aliphatic hydroxyl groups is 1. The molecule has 104 valence electrons. The zero-order valence-electron chi connectivity index (χ0n) is 12.0. The number of rotatable bonds is 5. The quantitative estimate of drug-likeness (QED) is 0.795. The Labute approximate surface area is 116 Å². The van der Waals surface area contributed by atoms with Crippen molar-refractivity contribution < 1.29 is 5.11 Å². The lowest BCUT2D eigenvalue weighted by molar-refractivity contribution is 0.234. The maximum absolute atomic E-state index is 9.54. The monoisotopic (exact) mass is 259 g/mol. The van der Waals surface area contributed by atoms with E-state index in [4.69, 9.17) is 0 Å². The van der Waals surface area contributed by atoms with Gasteiger partial charge < -0.3 is 10.4 Å². The first-order valence-electron chi connectivity index (χ1n) is 7.25. The molecule has 0 amide bonds. The number of hydrogen-bond donors (Lipinski definition) is 2. The van der Waals surface area contributed by atoms with Gasteiger partial charge in [0.25, 0.3) is 0 Å². The fourth-order valence-electron chi connectivity index (χ4n) is 3.12. The van der Waals surface area contributed by atoms with E-state index >= 15 is 0 Å². The number of nitrogens with one attached hydrogen (secondary N) is 1. The van der Waals surface area contributed by atoms with Crippen molar-refractivity contribution in [2.75, 3.05) is 13.2 Å². The second-order valence-electron chi connectivity index (χ2n) is 5.85. The lowest BCUT2D eigenvalue weighted by atomic mass is 9.83. The number of aliphatic hydroxyl groups excluding tert-OH is 1. The molecule has 2 rings (SSSR count). The Hall–Kier alpha value is -1.12. The molecule has 1 aromatic carbocycles. The van der Waals surface area contributed by atoms with Gasteiger partial charge in [0.05, 0.1) is 12.6 Å². The Bertz CT molecular complexity index is 413. The smallest absolute Gasteiger partial charge is 0.0626 e. The summed E-state index contributed by atoms with van der Waals surface area (Å²) >= 11 is 0. The van der Waals surface area contributed by atoms with Crippen molar-refractivity contribution in [2.24, 2.45) is 11.8 Å². The van der Waals surface area contributed by atoms with Gasteiger partial charge in [-0.15, -0.1) is 0 Å². The molecule has 0 radical (unpaired) electrons. The van der Waals surface area contributed by atoms with Crippen LogP contribution in [0.25, 0.3) is 0 Å². The molecule has 0 heterocycles. The summed E-state index contributed by atoms with van der Waals surface area (Å²) in [6.45, 7) is 5.65. The van der Waals surface area contributed by atoms with Crippen LogP contribution in [-0.4, -0.2) is 18.3 Å². The Morgan fingerprint density at radius 3 is 2.68 bits per heavy atom. The second kappa shape index (κ2) is 6.88. The number of allylic oxidation sites excluding steroid dienone is 2. The minimum atomic E-state index is 0.0581. The lowest BCUT2D eigenvalue weighted by Crippen LogP contribution is -2.31. The maximum Gasteiger partial charge on any atom is 0.0626 e. The molecule has 0 spiro atoms. The van der Waals surface area contributed by atoms with Gasteiger partial charge >= 0.3 is 0 Å². The zero-order valence-corrected chi connectivity index (χ0v) is 12.0. The van der Waals surface area contributed by atoms with E-state index in [1.807, 2.05) is 18.2 Å². The van der Waals surface area contributed by atoms with Crippen molar-refractivity contribution in [3.63, 3.8) is 0 Å². The first kappa shape index (κ1) is 14.3. The van der Waals surface area contributed by atoms with Crippen LogP contribution in [0.3, 0.4) is 0 Å². The predicted molar refractivity (Wildman–Crippen MR) is 79.9 cm³/mol. The van der Waals surface area contributed by atoms with E-state index in [1.54, 1.807) is 0 Å². The van der Waals surface area contributed by atoms with E-state index in [0.717, 1.165) is 6.54 Å². The molecule has 19 heavy (non-hydrogen) atoms. The van der Waals surface area contributed by atoms with E-state index in [-0.39, 0.29) is 12.6 Å². The third kappa shape index (κ3) is 4.19. The van der Waals surface area contributed by atoms with Crippen LogP contribution in [0.5, 0.6) is 0 Å². The van der Waals surface area contributed by atoms with Crippen LogP contribution in [0.1, 0.15) is 38.3 Å².